The zero-order valence-electron chi connectivity index (χ0n) is 16.9. The Morgan fingerprint density at radius 1 is 1.29 bits per heavy atom. The summed E-state index contributed by atoms with van der Waals surface area (Å²) in [5.74, 6) is 2.36. The maximum atomic E-state index is 11.7. The van der Waals surface area contributed by atoms with Crippen LogP contribution in [0.4, 0.5) is 0 Å². The number of hydrogen-bond acceptors (Lipinski definition) is 5. The van der Waals surface area contributed by atoms with Crippen molar-refractivity contribution in [3.05, 3.63) is 53.0 Å². The second kappa shape index (κ2) is 11.6. The van der Waals surface area contributed by atoms with E-state index in [1.165, 1.54) is 7.11 Å². The molecule has 0 atom stereocenters. The van der Waals surface area contributed by atoms with E-state index in [1.54, 1.807) is 20.0 Å². The highest BCUT2D eigenvalue weighted by atomic mass is 127. The maximum absolute atomic E-state index is 11.7. The van der Waals surface area contributed by atoms with Crippen molar-refractivity contribution in [3.63, 3.8) is 0 Å². The van der Waals surface area contributed by atoms with Gasteiger partial charge in [-0.2, -0.15) is 0 Å². The van der Waals surface area contributed by atoms with Crippen molar-refractivity contribution < 1.29 is 18.7 Å². The fourth-order valence-corrected chi connectivity index (χ4v) is 2.70. The second-order valence-electron chi connectivity index (χ2n) is 6.01. The summed E-state index contributed by atoms with van der Waals surface area (Å²) in [7, 11) is 5.04. The van der Waals surface area contributed by atoms with Crippen LogP contribution in [-0.2, 0) is 17.8 Å². The van der Waals surface area contributed by atoms with Gasteiger partial charge in [-0.1, -0.05) is 12.1 Å². The molecule has 2 rings (SSSR count). The van der Waals surface area contributed by atoms with E-state index in [1.807, 2.05) is 43.1 Å². The van der Waals surface area contributed by atoms with Crippen LogP contribution in [0.1, 0.15) is 34.4 Å². The lowest BCUT2D eigenvalue weighted by Crippen LogP contribution is -2.37. The van der Waals surface area contributed by atoms with E-state index in [9.17, 15) is 4.79 Å². The van der Waals surface area contributed by atoms with Gasteiger partial charge in [-0.05, 0) is 37.6 Å². The molecule has 0 spiro atoms. The zero-order chi connectivity index (χ0) is 19.8. The van der Waals surface area contributed by atoms with Gasteiger partial charge < -0.3 is 24.1 Å². The summed E-state index contributed by atoms with van der Waals surface area (Å²) in [4.78, 5) is 18.0. The molecule has 0 amide bonds. The van der Waals surface area contributed by atoms with E-state index in [0.29, 0.717) is 36.8 Å². The lowest BCUT2D eigenvalue weighted by Gasteiger charge is -2.22. The van der Waals surface area contributed by atoms with E-state index in [4.69, 9.17) is 13.9 Å². The zero-order valence-corrected chi connectivity index (χ0v) is 19.3. The quantitative estimate of drug-likeness (QED) is 0.271. The van der Waals surface area contributed by atoms with Crippen LogP contribution in [0.5, 0.6) is 5.75 Å². The first kappa shape index (κ1) is 23.8. The first-order valence-corrected chi connectivity index (χ1v) is 8.79. The monoisotopic (exact) mass is 501 g/mol. The van der Waals surface area contributed by atoms with Crippen molar-refractivity contribution in [1.29, 1.82) is 0 Å². The SMILES string of the molecule is CCOc1ccc(CN(C)C(=NC)NCc2cc(C(=O)OC)c(C)o2)cc1.I. The molecule has 7 nitrogen and oxygen atoms in total. The molecule has 0 fully saturated rings. The van der Waals surface area contributed by atoms with Gasteiger partial charge in [-0.15, -0.1) is 24.0 Å². The van der Waals surface area contributed by atoms with Crippen LogP contribution in [0.2, 0.25) is 0 Å². The van der Waals surface area contributed by atoms with Crippen LogP contribution >= 0.6 is 24.0 Å². The predicted molar refractivity (Wildman–Crippen MR) is 119 cm³/mol. The average Bonchev–Trinajstić information content (AvgIpc) is 3.04. The van der Waals surface area contributed by atoms with Crippen molar-refractivity contribution in [1.82, 2.24) is 10.2 Å². The van der Waals surface area contributed by atoms with Crippen LogP contribution < -0.4 is 10.1 Å². The molecule has 0 aliphatic carbocycles. The van der Waals surface area contributed by atoms with Crippen LogP contribution in [0, 0.1) is 6.92 Å². The standard InChI is InChI=1S/C20H27N3O4.HI/c1-6-26-16-9-7-15(8-10-16)13-23(4)20(21-3)22-12-17-11-18(14(2)27-17)19(24)25-5;/h7-11H,6,12-13H2,1-5H3,(H,21,22);1H. The average molecular weight is 501 g/mol. The Bertz CT molecular complexity index is 787. The Labute approximate surface area is 183 Å². The van der Waals surface area contributed by atoms with Gasteiger partial charge in [0.15, 0.2) is 5.96 Å². The summed E-state index contributed by atoms with van der Waals surface area (Å²) < 4.78 is 15.8. The molecule has 154 valence electrons. The summed E-state index contributed by atoms with van der Waals surface area (Å²) in [5.41, 5.74) is 1.58. The Hall–Kier alpha value is -2.23. The maximum Gasteiger partial charge on any atom is 0.341 e. The number of halogens is 1. The number of rotatable bonds is 7. The lowest BCUT2D eigenvalue weighted by atomic mass is 10.2. The highest BCUT2D eigenvalue weighted by Gasteiger charge is 2.16. The van der Waals surface area contributed by atoms with Crippen LogP contribution in [0.3, 0.4) is 0 Å². The molecule has 0 radical (unpaired) electrons. The third-order valence-corrected chi connectivity index (χ3v) is 4.02. The Balaban J connectivity index is 0.00000392. The third-order valence-electron chi connectivity index (χ3n) is 4.02. The van der Waals surface area contributed by atoms with Gasteiger partial charge >= 0.3 is 5.97 Å². The van der Waals surface area contributed by atoms with Gasteiger partial charge in [0.2, 0.25) is 0 Å². The van der Waals surface area contributed by atoms with Crippen LogP contribution in [0.15, 0.2) is 39.7 Å². The number of carbonyl (C=O) groups is 1. The molecule has 8 heteroatoms. The van der Waals surface area contributed by atoms with E-state index in [0.717, 1.165) is 17.3 Å². The number of aliphatic imine (C=N–C) groups is 1. The molecule has 2 aromatic rings. The molecular weight excluding hydrogens is 473 g/mol. The van der Waals surface area contributed by atoms with Gasteiger partial charge in [0, 0.05) is 20.6 Å². The topological polar surface area (TPSA) is 76.3 Å². The molecule has 1 heterocycles. The Kier molecular flexibility index (Phi) is 9.84. The van der Waals surface area contributed by atoms with E-state index in [2.05, 4.69) is 10.3 Å². The van der Waals surface area contributed by atoms with Gasteiger partial charge in [-0.25, -0.2) is 4.79 Å². The minimum Gasteiger partial charge on any atom is -0.494 e. The number of methoxy groups -OCH3 is 1. The van der Waals surface area contributed by atoms with Gasteiger partial charge in [0.1, 0.15) is 22.8 Å². The number of furan rings is 1. The molecule has 1 N–H and O–H groups in total. The molecule has 1 aromatic carbocycles. The molecule has 0 saturated heterocycles. The summed E-state index contributed by atoms with van der Waals surface area (Å²) in [6.45, 7) is 5.46. The highest BCUT2D eigenvalue weighted by Crippen LogP contribution is 2.16. The van der Waals surface area contributed by atoms with E-state index < -0.39 is 5.97 Å². The Morgan fingerprint density at radius 3 is 2.54 bits per heavy atom. The lowest BCUT2D eigenvalue weighted by molar-refractivity contribution is 0.0599. The van der Waals surface area contributed by atoms with Crippen molar-refractivity contribution >= 4 is 35.9 Å². The summed E-state index contributed by atoms with van der Waals surface area (Å²) in [6.07, 6.45) is 0. The van der Waals surface area contributed by atoms with Gasteiger partial charge in [-0.3, -0.25) is 4.99 Å². The molecular formula is C20H28IN3O4. The number of ether oxygens (including phenoxy) is 2. The van der Waals surface area contributed by atoms with E-state index >= 15 is 0 Å². The Morgan fingerprint density at radius 2 is 1.96 bits per heavy atom. The molecule has 0 aliphatic heterocycles. The first-order valence-electron chi connectivity index (χ1n) is 8.79. The normalized spacial score (nSPS) is 10.8. The number of nitrogens with zero attached hydrogens (tertiary/aromatic N) is 2. The number of hydrogen-bond donors (Lipinski definition) is 1. The fourth-order valence-electron chi connectivity index (χ4n) is 2.70. The number of nitrogens with one attached hydrogen (secondary N) is 1. The number of esters is 1. The number of carbonyl (C=O) groups excluding carboxylic acids is 1. The highest BCUT2D eigenvalue weighted by molar-refractivity contribution is 14.0. The minimum atomic E-state index is -0.403. The van der Waals surface area contributed by atoms with Gasteiger partial charge in [0.05, 0.1) is 20.3 Å². The fraction of sp³-hybridized carbons (Fsp3) is 0.400. The molecule has 0 bridgehead atoms. The van der Waals surface area contributed by atoms with E-state index in [-0.39, 0.29) is 24.0 Å². The van der Waals surface area contributed by atoms with Crippen molar-refractivity contribution in [3.8, 4) is 5.75 Å². The molecule has 0 unspecified atom stereocenters. The number of aryl methyl sites for hydroxylation is 1. The minimum absolute atomic E-state index is 0. The predicted octanol–water partition coefficient (Wildman–Crippen LogP) is 3.60. The number of benzene rings is 1. The summed E-state index contributed by atoms with van der Waals surface area (Å²) in [5, 5.41) is 3.24. The van der Waals surface area contributed by atoms with Crippen LogP contribution in [-0.4, -0.2) is 44.6 Å². The smallest absolute Gasteiger partial charge is 0.341 e. The second-order valence-corrected chi connectivity index (χ2v) is 6.01. The molecule has 1 aromatic heterocycles. The van der Waals surface area contributed by atoms with Crippen LogP contribution in [0.25, 0.3) is 0 Å². The van der Waals surface area contributed by atoms with Crippen molar-refractivity contribution in [2.45, 2.75) is 26.9 Å². The number of guanidine groups is 1. The largest absolute Gasteiger partial charge is 0.494 e. The molecule has 0 aliphatic rings. The summed E-state index contributed by atoms with van der Waals surface area (Å²) >= 11 is 0. The first-order chi connectivity index (χ1) is 13.0. The van der Waals surface area contributed by atoms with Crippen molar-refractivity contribution in [2.75, 3.05) is 27.8 Å². The van der Waals surface area contributed by atoms with Crippen molar-refractivity contribution in [2.24, 2.45) is 4.99 Å². The molecule has 28 heavy (non-hydrogen) atoms. The van der Waals surface area contributed by atoms with Gasteiger partial charge in [0.25, 0.3) is 0 Å². The third kappa shape index (κ3) is 6.43. The molecule has 0 saturated carbocycles. The summed E-state index contributed by atoms with van der Waals surface area (Å²) in [6, 6.07) is 9.68.